The SMILES string of the molecule is COC[C@@H]1CCCN1C(=O)c1cccc(-c2ncccc2Cl)c1. The van der Waals surface area contributed by atoms with Gasteiger partial charge in [0.25, 0.3) is 5.91 Å². The summed E-state index contributed by atoms with van der Waals surface area (Å²) in [4.78, 5) is 19.0. The van der Waals surface area contributed by atoms with E-state index in [0.717, 1.165) is 24.9 Å². The molecule has 1 aliphatic rings. The highest BCUT2D eigenvalue weighted by Crippen LogP contribution is 2.27. The van der Waals surface area contributed by atoms with Crippen molar-refractivity contribution in [2.45, 2.75) is 18.9 Å². The lowest BCUT2D eigenvalue weighted by Crippen LogP contribution is -2.38. The van der Waals surface area contributed by atoms with Gasteiger partial charge >= 0.3 is 0 Å². The first kappa shape index (κ1) is 16.0. The zero-order chi connectivity index (χ0) is 16.2. The first-order valence-corrected chi connectivity index (χ1v) is 8.09. The molecule has 0 saturated carbocycles. The second-order valence-corrected chi connectivity index (χ2v) is 6.07. The standard InChI is InChI=1S/C18H19ClN2O2/c1-23-12-15-7-4-10-21(15)18(22)14-6-2-5-13(11-14)17-16(19)8-3-9-20-17/h2-3,5-6,8-9,11,15H,4,7,10,12H2,1H3/t15-/m0/s1. The fourth-order valence-corrected chi connectivity index (χ4v) is 3.26. The van der Waals surface area contributed by atoms with Crippen LogP contribution in [0.3, 0.4) is 0 Å². The topological polar surface area (TPSA) is 42.4 Å². The van der Waals surface area contributed by atoms with Crippen LogP contribution in [0, 0.1) is 0 Å². The summed E-state index contributed by atoms with van der Waals surface area (Å²) in [5, 5.41) is 0.579. The third-order valence-corrected chi connectivity index (χ3v) is 4.44. The van der Waals surface area contributed by atoms with Gasteiger partial charge in [-0.15, -0.1) is 0 Å². The van der Waals surface area contributed by atoms with E-state index in [1.165, 1.54) is 0 Å². The molecule has 3 rings (SSSR count). The number of carbonyl (C=O) groups is 1. The number of nitrogens with zero attached hydrogens (tertiary/aromatic N) is 2. The molecular formula is C18H19ClN2O2. The summed E-state index contributed by atoms with van der Waals surface area (Å²) >= 11 is 6.21. The smallest absolute Gasteiger partial charge is 0.254 e. The van der Waals surface area contributed by atoms with Gasteiger partial charge in [0.05, 0.1) is 23.4 Å². The number of amides is 1. The number of carbonyl (C=O) groups excluding carboxylic acids is 1. The number of benzene rings is 1. The normalized spacial score (nSPS) is 17.5. The van der Waals surface area contributed by atoms with Gasteiger partial charge in [-0.05, 0) is 37.1 Å². The van der Waals surface area contributed by atoms with Crippen molar-refractivity contribution in [1.29, 1.82) is 0 Å². The van der Waals surface area contributed by atoms with Gasteiger partial charge in [0.15, 0.2) is 0 Å². The molecule has 4 nitrogen and oxygen atoms in total. The Morgan fingerprint density at radius 2 is 2.26 bits per heavy atom. The number of methoxy groups -OCH3 is 1. The fourth-order valence-electron chi connectivity index (χ4n) is 3.03. The van der Waals surface area contributed by atoms with E-state index in [4.69, 9.17) is 16.3 Å². The highest BCUT2D eigenvalue weighted by atomic mass is 35.5. The van der Waals surface area contributed by atoms with Gasteiger partial charge < -0.3 is 9.64 Å². The van der Waals surface area contributed by atoms with Crippen LogP contribution in [0.15, 0.2) is 42.6 Å². The van der Waals surface area contributed by atoms with Crippen molar-refractivity contribution in [2.75, 3.05) is 20.3 Å². The molecule has 0 spiro atoms. The maximum Gasteiger partial charge on any atom is 0.254 e. The first-order valence-electron chi connectivity index (χ1n) is 7.71. The molecule has 0 unspecified atom stereocenters. The van der Waals surface area contributed by atoms with E-state index in [-0.39, 0.29) is 11.9 Å². The third-order valence-electron chi connectivity index (χ3n) is 4.14. The maximum absolute atomic E-state index is 12.8. The summed E-state index contributed by atoms with van der Waals surface area (Å²) in [6, 6.07) is 11.2. The molecule has 5 heteroatoms. The van der Waals surface area contributed by atoms with E-state index < -0.39 is 0 Å². The van der Waals surface area contributed by atoms with E-state index >= 15 is 0 Å². The molecule has 0 radical (unpaired) electrons. The van der Waals surface area contributed by atoms with Crippen LogP contribution in [0.5, 0.6) is 0 Å². The van der Waals surface area contributed by atoms with E-state index in [2.05, 4.69) is 4.98 Å². The monoisotopic (exact) mass is 330 g/mol. The Balaban J connectivity index is 1.88. The predicted octanol–water partition coefficient (Wildman–Crippen LogP) is 3.65. The van der Waals surface area contributed by atoms with Crippen LogP contribution in [0.1, 0.15) is 23.2 Å². The zero-order valence-corrected chi connectivity index (χ0v) is 13.8. The average Bonchev–Trinajstić information content (AvgIpc) is 3.03. The van der Waals surface area contributed by atoms with E-state index in [9.17, 15) is 4.79 Å². The molecule has 120 valence electrons. The van der Waals surface area contributed by atoms with E-state index in [0.29, 0.717) is 22.9 Å². The Kier molecular flexibility index (Phi) is 4.94. The van der Waals surface area contributed by atoms with Crippen molar-refractivity contribution in [3.63, 3.8) is 0 Å². The van der Waals surface area contributed by atoms with Crippen LogP contribution >= 0.6 is 11.6 Å². The Morgan fingerprint density at radius 1 is 1.39 bits per heavy atom. The highest BCUT2D eigenvalue weighted by Gasteiger charge is 2.29. The number of pyridine rings is 1. The van der Waals surface area contributed by atoms with Crippen LogP contribution < -0.4 is 0 Å². The molecule has 0 N–H and O–H groups in total. The number of rotatable bonds is 4. The molecule has 1 amide bonds. The molecule has 23 heavy (non-hydrogen) atoms. The molecule has 1 saturated heterocycles. The largest absolute Gasteiger partial charge is 0.383 e. The molecular weight excluding hydrogens is 312 g/mol. The zero-order valence-electron chi connectivity index (χ0n) is 13.0. The number of aromatic nitrogens is 1. The summed E-state index contributed by atoms with van der Waals surface area (Å²) in [6.45, 7) is 1.36. The lowest BCUT2D eigenvalue weighted by atomic mass is 10.1. The Hall–Kier alpha value is -1.91. The minimum Gasteiger partial charge on any atom is -0.383 e. The molecule has 2 heterocycles. The molecule has 1 atom stereocenters. The summed E-state index contributed by atoms with van der Waals surface area (Å²) in [7, 11) is 1.67. The Labute approximate surface area is 141 Å². The van der Waals surface area contributed by atoms with Gasteiger partial charge in [-0.25, -0.2) is 0 Å². The van der Waals surface area contributed by atoms with Gasteiger partial charge in [-0.1, -0.05) is 23.7 Å². The molecule has 1 aromatic carbocycles. The maximum atomic E-state index is 12.8. The third kappa shape index (κ3) is 3.38. The minimum absolute atomic E-state index is 0.0402. The number of ether oxygens (including phenoxy) is 1. The van der Waals surface area contributed by atoms with Gasteiger partial charge in [0.1, 0.15) is 0 Å². The second-order valence-electron chi connectivity index (χ2n) is 5.66. The first-order chi connectivity index (χ1) is 11.2. The lowest BCUT2D eigenvalue weighted by Gasteiger charge is -2.24. The highest BCUT2D eigenvalue weighted by molar-refractivity contribution is 6.33. The van der Waals surface area contributed by atoms with Gasteiger partial charge in [0.2, 0.25) is 0 Å². The van der Waals surface area contributed by atoms with Crippen molar-refractivity contribution in [3.8, 4) is 11.3 Å². The fraction of sp³-hybridized carbons (Fsp3) is 0.333. The van der Waals surface area contributed by atoms with Crippen molar-refractivity contribution >= 4 is 17.5 Å². The van der Waals surface area contributed by atoms with E-state index in [1.54, 1.807) is 25.4 Å². The van der Waals surface area contributed by atoms with Gasteiger partial charge in [-0.2, -0.15) is 0 Å². The molecule has 0 aliphatic carbocycles. The van der Waals surface area contributed by atoms with Crippen LogP contribution in [-0.2, 0) is 4.74 Å². The van der Waals surface area contributed by atoms with Crippen molar-refractivity contribution in [1.82, 2.24) is 9.88 Å². The van der Waals surface area contributed by atoms with Crippen LogP contribution in [0.2, 0.25) is 5.02 Å². The van der Waals surface area contributed by atoms with Crippen LogP contribution in [-0.4, -0.2) is 42.1 Å². The lowest BCUT2D eigenvalue weighted by molar-refractivity contribution is 0.0630. The number of likely N-dealkylation sites (tertiary alicyclic amines) is 1. The molecule has 1 fully saturated rings. The predicted molar refractivity (Wildman–Crippen MR) is 90.6 cm³/mol. The van der Waals surface area contributed by atoms with Crippen LogP contribution in [0.4, 0.5) is 0 Å². The van der Waals surface area contributed by atoms with E-state index in [1.807, 2.05) is 29.2 Å². The number of hydrogen-bond acceptors (Lipinski definition) is 3. The second kappa shape index (κ2) is 7.11. The van der Waals surface area contributed by atoms with Gasteiger partial charge in [0, 0.05) is 31.0 Å². The minimum atomic E-state index is 0.0402. The van der Waals surface area contributed by atoms with Crippen molar-refractivity contribution in [2.24, 2.45) is 0 Å². The Morgan fingerprint density at radius 3 is 3.04 bits per heavy atom. The molecule has 1 aromatic heterocycles. The molecule has 1 aliphatic heterocycles. The summed E-state index contributed by atoms with van der Waals surface area (Å²) < 4.78 is 5.23. The molecule has 0 bridgehead atoms. The van der Waals surface area contributed by atoms with Crippen molar-refractivity contribution in [3.05, 3.63) is 53.2 Å². The average molecular weight is 331 g/mol. The summed E-state index contributed by atoms with van der Waals surface area (Å²) in [6.07, 6.45) is 3.71. The Bertz CT molecular complexity index is 705. The summed E-state index contributed by atoms with van der Waals surface area (Å²) in [5.41, 5.74) is 2.20. The number of halogens is 1. The molecule has 2 aromatic rings. The summed E-state index contributed by atoms with van der Waals surface area (Å²) in [5.74, 6) is 0.0402. The van der Waals surface area contributed by atoms with Crippen molar-refractivity contribution < 1.29 is 9.53 Å². The van der Waals surface area contributed by atoms with Crippen LogP contribution in [0.25, 0.3) is 11.3 Å². The quantitative estimate of drug-likeness (QED) is 0.859. The van der Waals surface area contributed by atoms with Gasteiger partial charge in [-0.3, -0.25) is 9.78 Å². The number of hydrogen-bond donors (Lipinski definition) is 0.